The van der Waals surface area contributed by atoms with Gasteiger partial charge in [0.1, 0.15) is 5.56 Å². The molecule has 1 heterocycles. The van der Waals surface area contributed by atoms with E-state index in [2.05, 4.69) is 25.8 Å². The number of aromatic nitrogens is 1. The summed E-state index contributed by atoms with van der Waals surface area (Å²) < 4.78 is 0. The van der Waals surface area contributed by atoms with E-state index in [4.69, 9.17) is 5.73 Å². The number of hydrogen-bond donors (Lipinski definition) is 3. The molecule has 0 saturated heterocycles. The topological polar surface area (TPSA) is 79.1 Å². The number of anilines is 1. The molecule has 2 rings (SSSR count). The first-order valence-electron chi connectivity index (χ1n) is 6.12. The Kier molecular flexibility index (Phi) is 3.10. The van der Waals surface area contributed by atoms with Crippen LogP contribution >= 0.6 is 0 Å². The molecule has 0 aliphatic heterocycles. The van der Waals surface area contributed by atoms with Gasteiger partial charge in [-0.2, -0.15) is 0 Å². The summed E-state index contributed by atoms with van der Waals surface area (Å²) in [5.74, 6) is -1.02. The SMILES string of the molecule is CC(C)(C)c1ccc(-c2[nH]cc(N)c2C(=O)O)cc1. The molecule has 0 atom stereocenters. The second-order valence-corrected chi connectivity index (χ2v) is 5.63. The summed E-state index contributed by atoms with van der Waals surface area (Å²) in [7, 11) is 0. The Morgan fingerprint density at radius 1 is 1.21 bits per heavy atom. The third-order valence-corrected chi connectivity index (χ3v) is 3.16. The molecule has 0 aliphatic rings. The van der Waals surface area contributed by atoms with Crippen LogP contribution < -0.4 is 5.73 Å². The van der Waals surface area contributed by atoms with Crippen molar-refractivity contribution in [2.75, 3.05) is 5.73 Å². The van der Waals surface area contributed by atoms with Gasteiger partial charge in [0.05, 0.1) is 11.4 Å². The predicted molar refractivity (Wildman–Crippen MR) is 76.3 cm³/mol. The Morgan fingerprint density at radius 2 is 1.79 bits per heavy atom. The third-order valence-electron chi connectivity index (χ3n) is 3.16. The van der Waals surface area contributed by atoms with Crippen LogP contribution in [-0.4, -0.2) is 16.1 Å². The van der Waals surface area contributed by atoms with Crippen LogP contribution in [0, 0.1) is 0 Å². The van der Waals surface area contributed by atoms with Crippen molar-refractivity contribution in [2.24, 2.45) is 0 Å². The lowest BCUT2D eigenvalue weighted by Gasteiger charge is -2.19. The van der Waals surface area contributed by atoms with E-state index in [1.807, 2.05) is 24.3 Å². The van der Waals surface area contributed by atoms with Gasteiger partial charge >= 0.3 is 5.97 Å². The normalized spacial score (nSPS) is 11.5. The molecule has 100 valence electrons. The van der Waals surface area contributed by atoms with Crippen molar-refractivity contribution in [2.45, 2.75) is 26.2 Å². The molecule has 4 nitrogen and oxygen atoms in total. The molecule has 2 aromatic rings. The zero-order valence-corrected chi connectivity index (χ0v) is 11.3. The summed E-state index contributed by atoms with van der Waals surface area (Å²) in [6, 6.07) is 7.85. The summed E-state index contributed by atoms with van der Waals surface area (Å²) >= 11 is 0. The van der Waals surface area contributed by atoms with Gasteiger partial charge in [0.25, 0.3) is 0 Å². The van der Waals surface area contributed by atoms with Crippen LogP contribution in [0.15, 0.2) is 30.5 Å². The van der Waals surface area contributed by atoms with Gasteiger partial charge in [-0.25, -0.2) is 4.79 Å². The Morgan fingerprint density at radius 3 is 2.26 bits per heavy atom. The molecule has 0 amide bonds. The molecule has 0 spiro atoms. The second-order valence-electron chi connectivity index (χ2n) is 5.63. The summed E-state index contributed by atoms with van der Waals surface area (Å²) in [5.41, 5.74) is 8.69. The van der Waals surface area contributed by atoms with Crippen molar-refractivity contribution in [3.05, 3.63) is 41.6 Å². The van der Waals surface area contributed by atoms with E-state index >= 15 is 0 Å². The highest BCUT2D eigenvalue weighted by Crippen LogP contribution is 2.29. The number of hydrogen-bond acceptors (Lipinski definition) is 2. The monoisotopic (exact) mass is 258 g/mol. The van der Waals surface area contributed by atoms with Gasteiger partial charge in [0.15, 0.2) is 0 Å². The van der Waals surface area contributed by atoms with Gasteiger partial charge in [-0.15, -0.1) is 0 Å². The molecule has 0 radical (unpaired) electrons. The summed E-state index contributed by atoms with van der Waals surface area (Å²) in [6.45, 7) is 6.41. The third kappa shape index (κ3) is 2.47. The Bertz CT molecular complexity index is 604. The minimum absolute atomic E-state index is 0.0723. The summed E-state index contributed by atoms with van der Waals surface area (Å²) in [4.78, 5) is 14.1. The van der Waals surface area contributed by atoms with Crippen molar-refractivity contribution < 1.29 is 9.90 Å². The quantitative estimate of drug-likeness (QED) is 0.773. The molecular weight excluding hydrogens is 240 g/mol. The van der Waals surface area contributed by atoms with E-state index < -0.39 is 5.97 Å². The Labute approximate surface area is 112 Å². The summed E-state index contributed by atoms with van der Waals surface area (Å²) in [5, 5.41) is 9.18. The Hall–Kier alpha value is -2.23. The van der Waals surface area contributed by atoms with Crippen molar-refractivity contribution in [1.29, 1.82) is 0 Å². The van der Waals surface area contributed by atoms with Crippen molar-refractivity contribution in [3.8, 4) is 11.3 Å². The molecule has 0 saturated carbocycles. The number of H-pyrrole nitrogens is 1. The molecule has 0 aliphatic carbocycles. The van der Waals surface area contributed by atoms with Crippen molar-refractivity contribution in [3.63, 3.8) is 0 Å². The van der Waals surface area contributed by atoms with Crippen molar-refractivity contribution >= 4 is 11.7 Å². The maximum atomic E-state index is 11.2. The van der Waals surface area contributed by atoms with Gasteiger partial charge in [-0.3, -0.25) is 0 Å². The Balaban J connectivity index is 2.46. The molecule has 4 N–H and O–H groups in total. The highest BCUT2D eigenvalue weighted by molar-refractivity contribution is 6.00. The smallest absolute Gasteiger partial charge is 0.340 e. The molecule has 0 unspecified atom stereocenters. The molecule has 1 aromatic carbocycles. The number of benzene rings is 1. The standard InChI is InChI=1S/C15H18N2O2/c1-15(2,3)10-6-4-9(5-7-10)13-12(14(18)19)11(16)8-17-13/h4-8,17H,16H2,1-3H3,(H,18,19). The van der Waals surface area contributed by atoms with Gasteiger partial charge in [-0.05, 0) is 16.5 Å². The number of aromatic amines is 1. The molecular formula is C15H18N2O2. The molecule has 19 heavy (non-hydrogen) atoms. The molecule has 4 heteroatoms. The number of nitrogen functional groups attached to an aromatic ring is 1. The van der Waals surface area contributed by atoms with Crippen LogP contribution in [0.3, 0.4) is 0 Å². The van der Waals surface area contributed by atoms with Crippen LogP contribution in [0.5, 0.6) is 0 Å². The summed E-state index contributed by atoms with van der Waals surface area (Å²) in [6.07, 6.45) is 1.51. The minimum Gasteiger partial charge on any atom is -0.478 e. The van der Waals surface area contributed by atoms with Gasteiger partial charge < -0.3 is 15.8 Å². The largest absolute Gasteiger partial charge is 0.478 e. The zero-order valence-electron chi connectivity index (χ0n) is 11.3. The van der Waals surface area contributed by atoms with Gasteiger partial charge in [-0.1, -0.05) is 45.0 Å². The fraction of sp³-hybridized carbons (Fsp3) is 0.267. The van der Waals surface area contributed by atoms with Crippen LogP contribution in [0.4, 0.5) is 5.69 Å². The van der Waals surface area contributed by atoms with Crippen LogP contribution in [-0.2, 0) is 5.41 Å². The average Bonchev–Trinajstić information content (AvgIpc) is 2.70. The van der Waals surface area contributed by atoms with E-state index in [0.717, 1.165) is 5.56 Å². The average molecular weight is 258 g/mol. The number of rotatable bonds is 2. The first kappa shape index (κ1) is 13.2. The lowest BCUT2D eigenvalue weighted by Crippen LogP contribution is -2.10. The van der Waals surface area contributed by atoms with Crippen LogP contribution in [0.2, 0.25) is 0 Å². The number of nitrogens with two attached hydrogens (primary N) is 1. The number of carboxylic acid groups (broad SMARTS) is 1. The second kappa shape index (κ2) is 4.46. The van der Waals surface area contributed by atoms with E-state index in [9.17, 15) is 9.90 Å². The van der Waals surface area contributed by atoms with E-state index in [0.29, 0.717) is 5.69 Å². The fourth-order valence-electron chi connectivity index (χ4n) is 2.03. The number of carboxylic acids is 1. The first-order valence-corrected chi connectivity index (χ1v) is 6.12. The van der Waals surface area contributed by atoms with Gasteiger partial charge in [0, 0.05) is 6.20 Å². The van der Waals surface area contributed by atoms with E-state index in [1.165, 1.54) is 11.8 Å². The van der Waals surface area contributed by atoms with E-state index in [-0.39, 0.29) is 16.7 Å². The number of carbonyl (C=O) groups is 1. The fourth-order valence-corrected chi connectivity index (χ4v) is 2.03. The zero-order chi connectivity index (χ0) is 14.2. The first-order chi connectivity index (χ1) is 8.80. The maximum Gasteiger partial charge on any atom is 0.340 e. The number of aromatic carboxylic acids is 1. The molecule has 1 aromatic heterocycles. The van der Waals surface area contributed by atoms with Gasteiger partial charge in [0.2, 0.25) is 0 Å². The van der Waals surface area contributed by atoms with E-state index in [1.54, 1.807) is 0 Å². The van der Waals surface area contributed by atoms with Crippen molar-refractivity contribution in [1.82, 2.24) is 4.98 Å². The predicted octanol–water partition coefficient (Wildman–Crippen LogP) is 3.26. The maximum absolute atomic E-state index is 11.2. The van der Waals surface area contributed by atoms with Crippen LogP contribution in [0.1, 0.15) is 36.7 Å². The minimum atomic E-state index is -1.02. The molecule has 0 bridgehead atoms. The lowest BCUT2D eigenvalue weighted by atomic mass is 9.86. The highest BCUT2D eigenvalue weighted by atomic mass is 16.4. The molecule has 0 fully saturated rings. The number of nitrogens with one attached hydrogen (secondary N) is 1. The van der Waals surface area contributed by atoms with Crippen LogP contribution in [0.25, 0.3) is 11.3 Å². The highest BCUT2D eigenvalue weighted by Gasteiger charge is 2.18. The lowest BCUT2D eigenvalue weighted by molar-refractivity contribution is 0.0699.